The predicted molar refractivity (Wildman–Crippen MR) is 567 cm³/mol. The summed E-state index contributed by atoms with van der Waals surface area (Å²) >= 11 is 32.3. The second kappa shape index (κ2) is 48.9. The summed E-state index contributed by atoms with van der Waals surface area (Å²) in [5, 5.41) is 25.3. The van der Waals surface area contributed by atoms with Gasteiger partial charge in [0.05, 0.1) is 94.3 Å². The number of hydrogen-bond donors (Lipinski definition) is 6. The predicted octanol–water partition coefficient (Wildman–Crippen LogP) is 24.4. The van der Waals surface area contributed by atoms with Gasteiger partial charge in [0.1, 0.15) is 34.9 Å². The molecule has 6 amide bonds. The van der Waals surface area contributed by atoms with Crippen molar-refractivity contribution in [2.45, 2.75) is 306 Å². The Balaban J connectivity index is 0.000000130. The van der Waals surface area contributed by atoms with E-state index in [1.54, 1.807) is 46.9 Å². The van der Waals surface area contributed by atoms with Crippen LogP contribution in [0.5, 0.6) is 0 Å². The van der Waals surface area contributed by atoms with E-state index in [9.17, 15) is 55.5 Å². The van der Waals surface area contributed by atoms with Gasteiger partial charge in [-0.2, -0.15) is 0 Å². The minimum atomic E-state index is -1.08. The Morgan fingerprint density at radius 3 is 1.08 bits per heavy atom. The number of ether oxygens (including phenoxy) is 3. The van der Waals surface area contributed by atoms with Crippen LogP contribution in [0, 0.1) is 35.5 Å². The summed E-state index contributed by atoms with van der Waals surface area (Å²) < 4.78 is 97.1. The standard InChI is InChI=1S/2C23H30ClFN2O2.C23H28ClFN2O2.C22H27ClFN3O2.C22H29ClFN3O2/c1-23(25)10-8-16(9-11-23)13-26-22(28)18-15-27(14-17-5-2-3-12-29-17)20-7-4-6-19(24)21(18)20;1-23(25)9-5-16(6-10-23)13-26-22(28)18-15-27(14-17-7-11-29-12-8-17)20-4-2-3-19(24)21(18)20;1-23(25)11-9-15(10-12-23)5-7-20(28)17-14-27(13-16-6-8-21(29)26-16)19-4-2-3-18(24)22(17)19;1-22(24)8-6-15(7-9-22)12-25-21(29)16-13-27(14-19(28)26-10-3-11-26)18-5-2-4-17(23)20(16)18;1-22(24)7-5-15(6-8-22)11-26-21(28)17-13-27(12-16-14-29-10-9-25-16)19-4-2-3-18(23)20(17)19/h4,6-7,15-17H,2-3,5,8-14H2,1H3,(H,26,28);2-4,15-17H,5-14H2,1H3,(H,26,28);2-4,14-16H,5-13H2,1H3,(H,26,29);2,4-5,13,15H,3,6-12,14H2,1H3,(H,25,29);2-4,13,15-16,25H,5-12,14H2,1H3,(H,26,28)/t;;15?,16-,23?;;/m..1../s1. The molecular formula is C113H144Cl5F5N12O10. The average molecular weight is 2100 g/mol. The van der Waals surface area contributed by atoms with Gasteiger partial charge < -0.3 is 73.8 Å². The lowest BCUT2D eigenvalue weighted by Gasteiger charge is -2.31. The first-order valence-corrected chi connectivity index (χ1v) is 54.9. The number of Topliss-reactive ketones (excluding diaryl/α,β-unsaturated/α-hetero) is 1. The maximum atomic E-state index is 14.0. The van der Waals surface area contributed by atoms with Crippen molar-refractivity contribution in [1.82, 2.24) is 59.6 Å². The molecule has 20 rings (SSSR count). The Labute approximate surface area is 873 Å². The second-order valence-corrected chi connectivity index (χ2v) is 46.1. The van der Waals surface area contributed by atoms with Gasteiger partial charge in [-0.3, -0.25) is 33.6 Å². The van der Waals surface area contributed by atoms with Gasteiger partial charge in [-0.25, -0.2) is 22.0 Å². The summed E-state index contributed by atoms with van der Waals surface area (Å²) in [5.74, 6) is 1.95. The van der Waals surface area contributed by atoms with E-state index in [-0.39, 0.29) is 66.0 Å². The third-order valence-corrected chi connectivity index (χ3v) is 33.8. The van der Waals surface area contributed by atoms with Gasteiger partial charge in [0.25, 0.3) is 23.6 Å². The summed E-state index contributed by atoms with van der Waals surface area (Å²) in [7, 11) is 0. The Morgan fingerprint density at radius 1 is 0.379 bits per heavy atom. The zero-order chi connectivity index (χ0) is 102. The van der Waals surface area contributed by atoms with Crippen molar-refractivity contribution < 1.29 is 69.7 Å². The zero-order valence-electron chi connectivity index (χ0n) is 84.5. The van der Waals surface area contributed by atoms with Crippen molar-refractivity contribution in [1.29, 1.82) is 0 Å². The quantitative estimate of drug-likeness (QED) is 0.0220. The van der Waals surface area contributed by atoms with Gasteiger partial charge >= 0.3 is 0 Å². The van der Waals surface area contributed by atoms with Crippen LogP contribution in [0.3, 0.4) is 0 Å². The number of amides is 6. The maximum absolute atomic E-state index is 14.0. The molecule has 0 radical (unpaired) electrons. The van der Waals surface area contributed by atoms with Gasteiger partial charge in [0, 0.05) is 180 Å². The summed E-state index contributed by atoms with van der Waals surface area (Å²) in [5.41, 5.74) is 2.28. The molecule has 786 valence electrons. The highest BCUT2D eigenvalue weighted by atomic mass is 35.5. The Hall–Kier alpha value is -8.77. The largest absolute Gasteiger partial charge is 0.381 e. The SMILES string of the molecule is CC1(F)CCC(CCC(=O)c2cn(C[C@H]3CCC(=O)N3)c3cccc(Cl)c23)CC1.CC1(F)CCC(CNC(=O)c2cn(CC(=O)N3CCC3)c3cccc(Cl)c23)CC1.CC1(F)CCC(CNC(=O)c2cn(CC3CCCCO3)c3cccc(Cl)c23)CC1.CC1(F)CCC(CNC(=O)c2cn(CC3CCOCC3)c3cccc(Cl)c23)CC1.CC1(F)CCC(CNC(=O)c2cn(CC3COCCN3)c3cccc(Cl)c23)CC1. The van der Waals surface area contributed by atoms with E-state index in [1.807, 2.05) is 124 Å². The molecular weight excluding hydrogens is 1960 g/mol. The summed E-state index contributed by atoms with van der Waals surface area (Å²) in [6.07, 6.45) is 32.4. The van der Waals surface area contributed by atoms with Crippen LogP contribution < -0.4 is 31.9 Å². The minimum absolute atomic E-state index is 0.0524. The number of aromatic nitrogens is 5. The zero-order valence-corrected chi connectivity index (χ0v) is 88.3. The van der Waals surface area contributed by atoms with Crippen molar-refractivity contribution in [2.75, 3.05) is 78.8 Å². The number of fused-ring (bicyclic) bond motifs is 5. The maximum Gasteiger partial charge on any atom is 0.253 e. The fraction of sp³-hybridized carbons (Fsp3) is 0.584. The van der Waals surface area contributed by atoms with Crippen molar-refractivity contribution >= 4 is 154 Å². The van der Waals surface area contributed by atoms with Crippen LogP contribution in [0.1, 0.15) is 279 Å². The molecule has 10 aromatic rings. The molecule has 145 heavy (non-hydrogen) atoms. The van der Waals surface area contributed by atoms with Gasteiger partial charge in [-0.1, -0.05) is 88.3 Å². The highest BCUT2D eigenvalue weighted by molar-refractivity contribution is 6.39. The van der Waals surface area contributed by atoms with Crippen LogP contribution in [-0.2, 0) is 56.5 Å². The lowest BCUT2D eigenvalue weighted by Crippen LogP contribution is -2.43. The number of benzene rings is 5. The minimum Gasteiger partial charge on any atom is -0.381 e. The topological polar surface area (TPSA) is 247 Å². The van der Waals surface area contributed by atoms with Gasteiger partial charge in [0.15, 0.2) is 5.78 Å². The van der Waals surface area contributed by atoms with Crippen molar-refractivity contribution in [3.63, 3.8) is 0 Å². The van der Waals surface area contributed by atoms with Crippen molar-refractivity contribution in [3.8, 4) is 0 Å². The second-order valence-electron chi connectivity index (χ2n) is 44.0. The molecule has 5 saturated heterocycles. The van der Waals surface area contributed by atoms with E-state index in [0.29, 0.717) is 217 Å². The van der Waals surface area contributed by atoms with Gasteiger partial charge in [0.2, 0.25) is 11.8 Å². The number of rotatable bonds is 26. The van der Waals surface area contributed by atoms with E-state index < -0.39 is 28.3 Å². The van der Waals surface area contributed by atoms with Crippen LogP contribution in [0.2, 0.25) is 25.1 Å². The van der Waals surface area contributed by atoms with Crippen LogP contribution in [0.15, 0.2) is 122 Å². The van der Waals surface area contributed by atoms with Crippen molar-refractivity contribution in [3.05, 3.63) is 175 Å². The van der Waals surface area contributed by atoms with E-state index in [2.05, 4.69) is 45.6 Å². The highest BCUT2D eigenvalue weighted by Gasteiger charge is 2.39. The number of ketones is 1. The third kappa shape index (κ3) is 28.7. The molecule has 10 aliphatic rings. The molecule has 10 fully saturated rings. The molecule has 0 spiro atoms. The molecule has 0 bridgehead atoms. The molecule has 3 atom stereocenters. The molecule has 32 heteroatoms. The van der Waals surface area contributed by atoms with Crippen LogP contribution in [-0.4, -0.2) is 194 Å². The monoisotopic (exact) mass is 2100 g/mol. The molecule has 22 nitrogen and oxygen atoms in total. The first kappa shape index (κ1) is 109. The number of halogens is 10. The molecule has 6 N–H and O–H groups in total. The molecule has 10 heterocycles. The van der Waals surface area contributed by atoms with Crippen LogP contribution in [0.25, 0.3) is 54.5 Å². The Kier molecular flexibility index (Phi) is 36.7. The van der Waals surface area contributed by atoms with Crippen LogP contribution in [0.4, 0.5) is 22.0 Å². The number of carbonyl (C=O) groups excluding carboxylic acids is 7. The smallest absolute Gasteiger partial charge is 0.253 e. The van der Waals surface area contributed by atoms with E-state index >= 15 is 0 Å². The number of carbonyl (C=O) groups is 7. The molecule has 5 aromatic heterocycles. The first-order chi connectivity index (χ1) is 69.4. The number of nitrogens with one attached hydrogen (secondary N) is 6. The van der Waals surface area contributed by atoms with Gasteiger partial charge in [-0.15, -0.1) is 0 Å². The normalized spacial score (nSPS) is 26.7. The van der Waals surface area contributed by atoms with Gasteiger partial charge in [-0.05, 0) is 311 Å². The summed E-state index contributed by atoms with van der Waals surface area (Å²) in [6.45, 7) is 20.0. The Morgan fingerprint density at radius 2 is 0.731 bits per heavy atom. The fourth-order valence-electron chi connectivity index (χ4n) is 22.7. The lowest BCUT2D eigenvalue weighted by molar-refractivity contribution is -0.135. The molecule has 5 saturated carbocycles. The molecule has 5 aliphatic heterocycles. The lowest BCUT2D eigenvalue weighted by atomic mass is 9.79. The summed E-state index contributed by atoms with van der Waals surface area (Å²) in [6, 6.07) is 28.7. The summed E-state index contributed by atoms with van der Waals surface area (Å²) in [4.78, 5) is 90.8. The van der Waals surface area contributed by atoms with Crippen molar-refractivity contribution in [2.24, 2.45) is 35.5 Å². The number of alkyl halides is 5. The van der Waals surface area contributed by atoms with E-state index in [0.717, 1.165) is 217 Å². The van der Waals surface area contributed by atoms with E-state index in [1.165, 1.54) is 6.42 Å². The third-order valence-electron chi connectivity index (χ3n) is 32.2. The highest BCUT2D eigenvalue weighted by Crippen LogP contribution is 2.44. The number of nitrogens with zero attached hydrogens (tertiary/aromatic N) is 6. The van der Waals surface area contributed by atoms with Crippen LogP contribution >= 0.6 is 58.0 Å². The fourth-order valence-corrected chi connectivity index (χ4v) is 24.1. The molecule has 5 aromatic carbocycles. The number of likely N-dealkylation sites (tertiary alicyclic amines) is 1. The number of morpholine rings is 1. The first-order valence-electron chi connectivity index (χ1n) is 53.0. The van der Waals surface area contributed by atoms with E-state index in [4.69, 9.17) is 72.2 Å². The molecule has 5 aliphatic carbocycles. The average Bonchev–Trinajstić information content (AvgIpc) is 1.64. The number of hydrogen-bond acceptors (Lipinski definition) is 11. The Bertz CT molecular complexity index is 5810. The molecule has 2 unspecified atom stereocenters.